The van der Waals surface area contributed by atoms with Gasteiger partial charge in [0.1, 0.15) is 39.9 Å². The zero-order valence-corrected chi connectivity index (χ0v) is 18.9. The van der Waals surface area contributed by atoms with E-state index in [0.29, 0.717) is 6.61 Å². The van der Waals surface area contributed by atoms with E-state index >= 15 is 0 Å². The molecule has 1 N–H and O–H groups in total. The highest BCUT2D eigenvalue weighted by Gasteiger charge is 2.36. The zero-order valence-electron chi connectivity index (χ0n) is 18.9. The predicted octanol–water partition coefficient (Wildman–Crippen LogP) is 5.41. The largest absolute Gasteiger partial charge is 0.507 e. The number of phenolic OH excluding ortho intramolecular Hbond substituents is 1. The van der Waals surface area contributed by atoms with Crippen LogP contribution in [0.2, 0.25) is 0 Å². The van der Waals surface area contributed by atoms with Gasteiger partial charge in [0.05, 0.1) is 19.3 Å². The summed E-state index contributed by atoms with van der Waals surface area (Å²) in [5.41, 5.74) is 3.37. The van der Waals surface area contributed by atoms with E-state index in [1.165, 1.54) is 0 Å². The van der Waals surface area contributed by atoms with Crippen molar-refractivity contribution in [2.24, 2.45) is 0 Å². The molecule has 5 nitrogen and oxygen atoms in total. The lowest BCUT2D eigenvalue weighted by Crippen LogP contribution is -2.33. The predicted molar refractivity (Wildman–Crippen MR) is 120 cm³/mol. The van der Waals surface area contributed by atoms with Crippen molar-refractivity contribution < 1.29 is 24.1 Å². The summed E-state index contributed by atoms with van der Waals surface area (Å²) in [5, 5.41) is 10.4. The summed E-state index contributed by atoms with van der Waals surface area (Å²) in [5.74, 6) is 3.64. The van der Waals surface area contributed by atoms with Gasteiger partial charge in [0.15, 0.2) is 0 Å². The average molecular weight is 423 g/mol. The second kappa shape index (κ2) is 6.84. The molecule has 1 atom stereocenters. The van der Waals surface area contributed by atoms with E-state index in [1.54, 1.807) is 13.2 Å². The fourth-order valence-corrected chi connectivity index (χ4v) is 4.85. The summed E-state index contributed by atoms with van der Waals surface area (Å²) in [6.07, 6.45) is 6.56. The van der Waals surface area contributed by atoms with Crippen molar-refractivity contribution in [2.45, 2.75) is 64.1 Å². The molecule has 0 radical (unpaired) electrons. The van der Waals surface area contributed by atoms with Gasteiger partial charge in [-0.3, -0.25) is 0 Å². The molecule has 0 saturated heterocycles. The first-order chi connectivity index (χ1) is 14.7. The van der Waals surface area contributed by atoms with E-state index in [0.717, 1.165) is 64.5 Å². The number of rotatable bonds is 2. The number of benzene rings is 2. The van der Waals surface area contributed by atoms with E-state index in [1.807, 2.05) is 38.1 Å². The Morgan fingerprint density at radius 3 is 2.65 bits per heavy atom. The van der Waals surface area contributed by atoms with Gasteiger partial charge < -0.3 is 24.1 Å². The van der Waals surface area contributed by atoms with E-state index in [-0.39, 0.29) is 17.3 Å². The first-order valence-corrected chi connectivity index (χ1v) is 11.0. The second-order valence-corrected chi connectivity index (χ2v) is 9.89. The summed E-state index contributed by atoms with van der Waals surface area (Å²) >= 11 is 0. The van der Waals surface area contributed by atoms with Crippen LogP contribution in [0.3, 0.4) is 0 Å². The molecule has 3 aliphatic rings. The van der Waals surface area contributed by atoms with Gasteiger partial charge in [0, 0.05) is 28.7 Å². The fourth-order valence-electron chi connectivity index (χ4n) is 4.85. The van der Waals surface area contributed by atoms with Crippen molar-refractivity contribution in [2.75, 3.05) is 13.7 Å². The van der Waals surface area contributed by atoms with Crippen LogP contribution < -0.4 is 18.9 Å². The smallest absolute Gasteiger partial charge is 0.135 e. The van der Waals surface area contributed by atoms with E-state index in [9.17, 15) is 5.11 Å². The second-order valence-electron chi connectivity index (χ2n) is 9.89. The molecule has 3 aliphatic heterocycles. The third-order valence-electron chi connectivity index (χ3n) is 6.52. The standard InChI is InChI=1S/C26H30O5/c1-25(2)11-9-18-22(30-25)13-21-19(23(18)28-5)12-15(14-29-21)16-6-7-20(27)17-8-10-26(3,4)31-24(16)17/h6-8,10,13,15,27H,9,11-12,14H2,1-5H3. The lowest BCUT2D eigenvalue weighted by molar-refractivity contribution is 0.0826. The van der Waals surface area contributed by atoms with Crippen LogP contribution in [0.15, 0.2) is 24.3 Å². The Balaban J connectivity index is 1.55. The Bertz CT molecular complexity index is 1080. The zero-order chi connectivity index (χ0) is 22.0. The van der Waals surface area contributed by atoms with Crippen LogP contribution in [0.4, 0.5) is 0 Å². The van der Waals surface area contributed by atoms with Gasteiger partial charge in [-0.05, 0) is 65.2 Å². The normalized spacial score (nSPS) is 22.2. The third-order valence-corrected chi connectivity index (χ3v) is 6.52. The molecule has 0 spiro atoms. The van der Waals surface area contributed by atoms with Crippen molar-refractivity contribution in [3.05, 3.63) is 46.5 Å². The van der Waals surface area contributed by atoms with Crippen LogP contribution in [-0.2, 0) is 12.8 Å². The van der Waals surface area contributed by atoms with Crippen molar-refractivity contribution in [1.29, 1.82) is 0 Å². The molecule has 0 saturated carbocycles. The highest BCUT2D eigenvalue weighted by molar-refractivity contribution is 5.70. The number of phenols is 1. The number of hydrogen-bond donors (Lipinski definition) is 1. The van der Waals surface area contributed by atoms with Gasteiger partial charge in [-0.2, -0.15) is 0 Å². The van der Waals surface area contributed by atoms with E-state index in [4.69, 9.17) is 18.9 Å². The van der Waals surface area contributed by atoms with Gasteiger partial charge in [-0.1, -0.05) is 6.07 Å². The minimum atomic E-state index is -0.427. The molecule has 164 valence electrons. The molecule has 0 aromatic heterocycles. The molecule has 2 aromatic rings. The van der Waals surface area contributed by atoms with Crippen LogP contribution in [-0.4, -0.2) is 30.0 Å². The first-order valence-electron chi connectivity index (χ1n) is 11.0. The van der Waals surface area contributed by atoms with Crippen molar-refractivity contribution in [1.82, 2.24) is 0 Å². The van der Waals surface area contributed by atoms with Crippen LogP contribution in [0.25, 0.3) is 6.08 Å². The van der Waals surface area contributed by atoms with Crippen LogP contribution in [0, 0.1) is 0 Å². The number of hydrogen-bond acceptors (Lipinski definition) is 5. The Labute approximate surface area is 183 Å². The molecular formula is C26H30O5. The van der Waals surface area contributed by atoms with Gasteiger partial charge >= 0.3 is 0 Å². The lowest BCUT2D eigenvalue weighted by atomic mass is 9.85. The molecule has 0 fully saturated rings. The van der Waals surface area contributed by atoms with Crippen molar-refractivity contribution >= 4 is 6.08 Å². The maximum Gasteiger partial charge on any atom is 0.135 e. The summed E-state index contributed by atoms with van der Waals surface area (Å²) in [6.45, 7) is 8.79. The number of aromatic hydroxyl groups is 1. The fraction of sp³-hybridized carbons (Fsp3) is 0.462. The Morgan fingerprint density at radius 1 is 1.06 bits per heavy atom. The minimum absolute atomic E-state index is 0.0945. The lowest BCUT2D eigenvalue weighted by Gasteiger charge is -2.36. The third kappa shape index (κ3) is 3.40. The number of fused-ring (bicyclic) bond motifs is 3. The van der Waals surface area contributed by atoms with Gasteiger partial charge in [0.25, 0.3) is 0 Å². The first kappa shape index (κ1) is 20.1. The highest BCUT2D eigenvalue weighted by atomic mass is 16.5. The summed E-state index contributed by atoms with van der Waals surface area (Å²) in [4.78, 5) is 0. The van der Waals surface area contributed by atoms with Crippen molar-refractivity contribution in [3.63, 3.8) is 0 Å². The van der Waals surface area contributed by atoms with E-state index in [2.05, 4.69) is 13.8 Å². The molecule has 2 aromatic carbocycles. The van der Waals surface area contributed by atoms with Gasteiger partial charge in [0.2, 0.25) is 0 Å². The van der Waals surface area contributed by atoms with Crippen LogP contribution >= 0.6 is 0 Å². The number of methoxy groups -OCH3 is 1. The summed E-state index contributed by atoms with van der Waals surface area (Å²) < 4.78 is 24.7. The summed E-state index contributed by atoms with van der Waals surface area (Å²) in [6, 6.07) is 5.73. The SMILES string of the molecule is COc1c2c(cc3c1CCC(C)(C)O3)OCC(c1ccc(O)c3c1OC(C)(C)C=C3)C2. The molecule has 0 amide bonds. The average Bonchev–Trinajstić information content (AvgIpc) is 2.70. The Hall–Kier alpha value is -2.82. The molecule has 5 heteroatoms. The van der Waals surface area contributed by atoms with Gasteiger partial charge in [-0.15, -0.1) is 0 Å². The molecule has 0 aliphatic carbocycles. The summed E-state index contributed by atoms with van der Waals surface area (Å²) in [7, 11) is 1.72. The van der Waals surface area contributed by atoms with Crippen LogP contribution in [0.1, 0.15) is 62.3 Å². The molecular weight excluding hydrogens is 392 g/mol. The molecule has 0 bridgehead atoms. The highest BCUT2D eigenvalue weighted by Crippen LogP contribution is 2.50. The molecule has 5 rings (SSSR count). The topological polar surface area (TPSA) is 57.2 Å². The quantitative estimate of drug-likeness (QED) is 0.702. The van der Waals surface area contributed by atoms with Gasteiger partial charge in [-0.25, -0.2) is 0 Å². The van der Waals surface area contributed by atoms with Crippen LogP contribution in [0.5, 0.6) is 28.7 Å². The van der Waals surface area contributed by atoms with E-state index < -0.39 is 5.60 Å². The monoisotopic (exact) mass is 422 g/mol. The molecule has 31 heavy (non-hydrogen) atoms. The van der Waals surface area contributed by atoms with Crippen molar-refractivity contribution in [3.8, 4) is 28.7 Å². The minimum Gasteiger partial charge on any atom is -0.507 e. The Kier molecular flexibility index (Phi) is 4.44. The maximum atomic E-state index is 10.4. The Morgan fingerprint density at radius 2 is 1.87 bits per heavy atom. The maximum absolute atomic E-state index is 10.4. The number of ether oxygens (including phenoxy) is 4. The molecule has 1 unspecified atom stereocenters. The molecule has 3 heterocycles.